The molecule has 0 aliphatic heterocycles. The number of fused-ring (bicyclic) bond motifs is 5. The van der Waals surface area contributed by atoms with Crippen LogP contribution >= 0.6 is 0 Å². The number of nitrogens with zero attached hydrogens (tertiary/aromatic N) is 3. The number of rotatable bonds is 0. The average molecular weight is 234 g/mol. The third kappa shape index (κ3) is 1.17. The maximum atomic E-state index is 4.32. The molecule has 0 bridgehead atoms. The zero-order chi connectivity index (χ0) is 12.1. The van der Waals surface area contributed by atoms with Crippen molar-refractivity contribution in [2.75, 3.05) is 0 Å². The molecule has 18 heavy (non-hydrogen) atoms. The highest BCUT2D eigenvalue weighted by molar-refractivity contribution is 6.12. The molecule has 1 N–H and O–H groups in total. The van der Waals surface area contributed by atoms with Crippen molar-refractivity contribution in [3.63, 3.8) is 0 Å². The van der Waals surface area contributed by atoms with Crippen molar-refractivity contribution < 1.29 is 0 Å². The fraction of sp³-hybridized carbons (Fsp3) is 0.0714. The molecule has 86 valence electrons. The number of pyridine rings is 1. The van der Waals surface area contributed by atoms with Crippen molar-refractivity contribution >= 4 is 33.0 Å². The highest BCUT2D eigenvalue weighted by Gasteiger charge is 2.10. The Morgan fingerprint density at radius 1 is 1.06 bits per heavy atom. The SMILES string of the molecule is Cc1ccc2nnc3c4cccnc4[nH]c3c2c1. The van der Waals surface area contributed by atoms with Crippen molar-refractivity contribution in [2.45, 2.75) is 6.92 Å². The van der Waals surface area contributed by atoms with Crippen LogP contribution in [0.3, 0.4) is 0 Å². The molecule has 4 heteroatoms. The largest absolute Gasteiger partial charge is 0.337 e. The van der Waals surface area contributed by atoms with Gasteiger partial charge in [-0.1, -0.05) is 11.6 Å². The molecule has 4 aromatic rings. The molecule has 1 aromatic carbocycles. The molecule has 0 aliphatic carbocycles. The van der Waals surface area contributed by atoms with Crippen LogP contribution in [0.15, 0.2) is 36.5 Å². The van der Waals surface area contributed by atoms with Crippen LogP contribution in [0.5, 0.6) is 0 Å². The van der Waals surface area contributed by atoms with Gasteiger partial charge in [-0.25, -0.2) is 4.98 Å². The first-order chi connectivity index (χ1) is 8.83. The Morgan fingerprint density at radius 2 is 2.00 bits per heavy atom. The lowest BCUT2D eigenvalue weighted by Crippen LogP contribution is -1.86. The molecule has 4 nitrogen and oxygen atoms in total. The van der Waals surface area contributed by atoms with Gasteiger partial charge in [-0.2, -0.15) is 0 Å². The minimum Gasteiger partial charge on any atom is -0.337 e. The van der Waals surface area contributed by atoms with Gasteiger partial charge in [0, 0.05) is 17.0 Å². The molecule has 4 rings (SSSR count). The number of hydrogen-bond acceptors (Lipinski definition) is 3. The molecular formula is C14H10N4. The first kappa shape index (κ1) is 9.53. The number of benzene rings is 1. The van der Waals surface area contributed by atoms with Crippen molar-refractivity contribution in [1.29, 1.82) is 0 Å². The van der Waals surface area contributed by atoms with Gasteiger partial charge in [0.1, 0.15) is 11.2 Å². The van der Waals surface area contributed by atoms with E-state index in [1.54, 1.807) is 6.20 Å². The summed E-state index contributed by atoms with van der Waals surface area (Å²) in [6, 6.07) is 10.1. The Hall–Kier alpha value is -2.49. The van der Waals surface area contributed by atoms with Gasteiger partial charge >= 0.3 is 0 Å². The predicted molar refractivity (Wildman–Crippen MR) is 71.4 cm³/mol. The fourth-order valence-electron chi connectivity index (χ4n) is 2.35. The molecule has 3 heterocycles. The van der Waals surface area contributed by atoms with E-state index in [9.17, 15) is 0 Å². The Kier molecular flexibility index (Phi) is 1.73. The Labute approximate surface area is 103 Å². The number of aryl methyl sites for hydroxylation is 1. The van der Waals surface area contributed by atoms with Gasteiger partial charge in [0.25, 0.3) is 0 Å². The van der Waals surface area contributed by atoms with Gasteiger partial charge in [-0.15, -0.1) is 10.2 Å². The second kappa shape index (κ2) is 3.26. The van der Waals surface area contributed by atoms with E-state index in [2.05, 4.69) is 33.2 Å². The molecule has 0 aliphatic rings. The lowest BCUT2D eigenvalue weighted by Gasteiger charge is -1.99. The molecule has 0 spiro atoms. The molecule has 3 aromatic heterocycles. The molecule has 0 saturated heterocycles. The van der Waals surface area contributed by atoms with Gasteiger partial charge in [-0.05, 0) is 31.2 Å². The van der Waals surface area contributed by atoms with Gasteiger partial charge in [0.2, 0.25) is 0 Å². The summed E-state index contributed by atoms with van der Waals surface area (Å²) in [6.45, 7) is 2.08. The van der Waals surface area contributed by atoms with Crippen LogP contribution in [-0.4, -0.2) is 20.2 Å². The third-order valence-electron chi connectivity index (χ3n) is 3.22. The highest BCUT2D eigenvalue weighted by atomic mass is 15.1. The Morgan fingerprint density at radius 3 is 2.94 bits per heavy atom. The Bertz CT molecular complexity index is 892. The van der Waals surface area contributed by atoms with E-state index >= 15 is 0 Å². The summed E-state index contributed by atoms with van der Waals surface area (Å²) >= 11 is 0. The van der Waals surface area contributed by atoms with Crippen LogP contribution in [0, 0.1) is 6.92 Å². The first-order valence-corrected chi connectivity index (χ1v) is 5.82. The zero-order valence-corrected chi connectivity index (χ0v) is 9.81. The normalized spacial score (nSPS) is 11.6. The molecule has 0 fully saturated rings. The lowest BCUT2D eigenvalue weighted by molar-refractivity contribution is 1.13. The maximum Gasteiger partial charge on any atom is 0.140 e. The monoisotopic (exact) mass is 234 g/mol. The van der Waals surface area contributed by atoms with Crippen LogP contribution in [0.1, 0.15) is 5.56 Å². The van der Waals surface area contributed by atoms with E-state index in [-0.39, 0.29) is 0 Å². The minimum absolute atomic E-state index is 0.857. The van der Waals surface area contributed by atoms with Gasteiger partial charge < -0.3 is 4.98 Å². The Balaban J connectivity index is 2.31. The van der Waals surface area contributed by atoms with Gasteiger partial charge in [-0.3, -0.25) is 0 Å². The van der Waals surface area contributed by atoms with E-state index in [4.69, 9.17) is 0 Å². The fourth-order valence-corrected chi connectivity index (χ4v) is 2.35. The van der Waals surface area contributed by atoms with Crippen molar-refractivity contribution in [3.05, 3.63) is 42.1 Å². The number of nitrogens with one attached hydrogen (secondary N) is 1. The maximum absolute atomic E-state index is 4.32. The van der Waals surface area contributed by atoms with Gasteiger partial charge in [0.15, 0.2) is 0 Å². The number of hydrogen-bond donors (Lipinski definition) is 1. The number of H-pyrrole nitrogens is 1. The van der Waals surface area contributed by atoms with Crippen LogP contribution in [-0.2, 0) is 0 Å². The second-order valence-electron chi connectivity index (χ2n) is 4.47. The first-order valence-electron chi connectivity index (χ1n) is 5.82. The summed E-state index contributed by atoms with van der Waals surface area (Å²) in [5, 5.41) is 10.7. The van der Waals surface area contributed by atoms with Crippen LogP contribution in [0.4, 0.5) is 0 Å². The van der Waals surface area contributed by atoms with E-state index in [1.807, 2.05) is 24.3 Å². The molecule has 0 radical (unpaired) electrons. The minimum atomic E-state index is 0.857. The quantitative estimate of drug-likeness (QED) is 0.509. The van der Waals surface area contributed by atoms with Crippen LogP contribution in [0.2, 0.25) is 0 Å². The molecule has 0 atom stereocenters. The van der Waals surface area contributed by atoms with Crippen molar-refractivity contribution in [2.24, 2.45) is 0 Å². The van der Waals surface area contributed by atoms with E-state index < -0.39 is 0 Å². The van der Waals surface area contributed by atoms with Gasteiger partial charge in [0.05, 0.1) is 11.0 Å². The second-order valence-corrected chi connectivity index (χ2v) is 4.47. The number of aromatic amines is 1. The average Bonchev–Trinajstić information content (AvgIpc) is 2.78. The van der Waals surface area contributed by atoms with E-state index in [0.29, 0.717) is 0 Å². The summed E-state index contributed by atoms with van der Waals surface area (Å²) in [7, 11) is 0. The summed E-state index contributed by atoms with van der Waals surface area (Å²) < 4.78 is 0. The predicted octanol–water partition coefficient (Wildman–Crippen LogP) is 2.97. The summed E-state index contributed by atoms with van der Waals surface area (Å²) in [6.07, 6.45) is 1.78. The standard InChI is InChI=1S/C14H10N4/c1-8-4-5-11-10(7-8)12-13(18-17-11)9-3-2-6-15-14(9)16-12/h2-7H,1H3,(H,15,16). The van der Waals surface area contributed by atoms with Crippen LogP contribution < -0.4 is 0 Å². The van der Waals surface area contributed by atoms with Crippen LogP contribution in [0.25, 0.3) is 33.0 Å². The summed E-state index contributed by atoms with van der Waals surface area (Å²) in [5.41, 5.74) is 4.87. The number of aromatic nitrogens is 4. The zero-order valence-electron chi connectivity index (χ0n) is 9.81. The topological polar surface area (TPSA) is 54.5 Å². The molecule has 0 amide bonds. The molecular weight excluding hydrogens is 224 g/mol. The molecule has 0 saturated carbocycles. The third-order valence-corrected chi connectivity index (χ3v) is 3.22. The highest BCUT2D eigenvalue weighted by Crippen LogP contribution is 2.27. The van der Waals surface area contributed by atoms with E-state index in [0.717, 1.165) is 33.0 Å². The molecule has 0 unspecified atom stereocenters. The van der Waals surface area contributed by atoms with Crippen molar-refractivity contribution in [3.8, 4) is 0 Å². The summed E-state index contributed by atoms with van der Waals surface area (Å²) in [5.74, 6) is 0. The summed E-state index contributed by atoms with van der Waals surface area (Å²) in [4.78, 5) is 7.66. The smallest absolute Gasteiger partial charge is 0.140 e. The van der Waals surface area contributed by atoms with E-state index in [1.165, 1.54) is 5.56 Å². The lowest BCUT2D eigenvalue weighted by atomic mass is 10.1. The van der Waals surface area contributed by atoms with Crippen molar-refractivity contribution in [1.82, 2.24) is 20.2 Å².